The van der Waals surface area contributed by atoms with Gasteiger partial charge in [-0.25, -0.2) is 13.8 Å². The predicted octanol–water partition coefficient (Wildman–Crippen LogP) is 5.10. The molecule has 3 rings (SSSR count). The van der Waals surface area contributed by atoms with Gasteiger partial charge >= 0.3 is 0 Å². The van der Waals surface area contributed by atoms with Crippen molar-refractivity contribution in [3.63, 3.8) is 0 Å². The molecule has 1 N–H and O–H groups in total. The van der Waals surface area contributed by atoms with E-state index in [-0.39, 0.29) is 30.1 Å². The Hall–Kier alpha value is -2.29. The number of nitrogens with zero attached hydrogens (tertiary/aromatic N) is 1. The first-order chi connectivity index (χ1) is 12.4. The summed E-state index contributed by atoms with van der Waals surface area (Å²) in [5.74, 6) is -1.03. The van der Waals surface area contributed by atoms with Crippen molar-refractivity contribution in [2.45, 2.75) is 19.8 Å². The van der Waals surface area contributed by atoms with Crippen LogP contribution < -0.4 is 5.32 Å². The molecule has 1 heterocycles. The summed E-state index contributed by atoms with van der Waals surface area (Å²) >= 11 is 2.21. The Morgan fingerprint density at radius 1 is 1.23 bits per heavy atom. The van der Waals surface area contributed by atoms with Crippen LogP contribution in [0.2, 0.25) is 0 Å². The minimum Gasteiger partial charge on any atom is -0.441 e. The molecular formula is C19H15F2IN2O2. The van der Waals surface area contributed by atoms with Crippen molar-refractivity contribution in [2.24, 2.45) is 0 Å². The number of nitrogens with one attached hydrogen (secondary N) is 1. The smallest absolute Gasteiger partial charge is 0.224 e. The van der Waals surface area contributed by atoms with Crippen LogP contribution in [0.25, 0.3) is 11.3 Å². The molecule has 0 saturated carbocycles. The molecule has 0 atom stereocenters. The summed E-state index contributed by atoms with van der Waals surface area (Å²) in [6.07, 6.45) is 1.82. The van der Waals surface area contributed by atoms with E-state index in [4.69, 9.17) is 4.42 Å². The SMILES string of the molecule is Cc1cc(I)ccc1NC(=O)CCc1ncc(-c2ccc(F)cc2F)o1. The van der Waals surface area contributed by atoms with Gasteiger partial charge < -0.3 is 9.73 Å². The molecule has 7 heteroatoms. The zero-order valence-corrected chi connectivity index (χ0v) is 16.0. The summed E-state index contributed by atoms with van der Waals surface area (Å²) in [6, 6.07) is 8.98. The molecule has 0 spiro atoms. The van der Waals surface area contributed by atoms with E-state index in [0.29, 0.717) is 5.89 Å². The Labute approximate surface area is 162 Å². The highest BCUT2D eigenvalue weighted by Gasteiger charge is 2.13. The van der Waals surface area contributed by atoms with Crippen molar-refractivity contribution in [1.29, 1.82) is 0 Å². The van der Waals surface area contributed by atoms with Gasteiger partial charge in [-0.3, -0.25) is 4.79 Å². The van der Waals surface area contributed by atoms with Crippen LogP contribution in [0.1, 0.15) is 17.9 Å². The first-order valence-corrected chi connectivity index (χ1v) is 8.96. The molecule has 0 aliphatic carbocycles. The molecule has 2 aromatic carbocycles. The van der Waals surface area contributed by atoms with Gasteiger partial charge in [0.05, 0.1) is 11.8 Å². The van der Waals surface area contributed by atoms with Crippen LogP contribution in [-0.4, -0.2) is 10.9 Å². The number of anilines is 1. The molecule has 0 saturated heterocycles. The fourth-order valence-corrected chi connectivity index (χ4v) is 3.09. The Kier molecular flexibility index (Phi) is 5.65. The van der Waals surface area contributed by atoms with Crippen LogP contribution in [0.3, 0.4) is 0 Å². The maximum absolute atomic E-state index is 13.8. The highest BCUT2D eigenvalue weighted by Crippen LogP contribution is 2.24. The molecule has 0 radical (unpaired) electrons. The molecule has 0 aliphatic heterocycles. The number of carbonyl (C=O) groups excluding carboxylic acids is 1. The number of benzene rings is 2. The van der Waals surface area contributed by atoms with Gasteiger partial charge in [0, 0.05) is 28.2 Å². The number of aryl methyl sites for hydroxylation is 2. The zero-order chi connectivity index (χ0) is 18.7. The average molecular weight is 468 g/mol. The number of carbonyl (C=O) groups is 1. The molecule has 0 aliphatic rings. The van der Waals surface area contributed by atoms with Crippen LogP contribution in [0.5, 0.6) is 0 Å². The van der Waals surface area contributed by atoms with E-state index in [0.717, 1.165) is 27.0 Å². The standard InChI is InChI=1S/C19H15F2IN2O2/c1-11-8-13(22)3-5-16(11)24-18(25)6-7-19-23-10-17(26-19)14-4-2-12(20)9-15(14)21/h2-5,8-10H,6-7H2,1H3,(H,24,25). The van der Waals surface area contributed by atoms with Crippen molar-refractivity contribution < 1.29 is 18.0 Å². The number of hydrogen-bond acceptors (Lipinski definition) is 3. The maximum atomic E-state index is 13.8. The van der Waals surface area contributed by atoms with E-state index in [1.165, 1.54) is 12.3 Å². The lowest BCUT2D eigenvalue weighted by atomic mass is 10.2. The number of rotatable bonds is 5. The Morgan fingerprint density at radius 2 is 2.04 bits per heavy atom. The molecule has 0 bridgehead atoms. The molecule has 1 aromatic heterocycles. The van der Waals surface area contributed by atoms with Crippen molar-refractivity contribution in [1.82, 2.24) is 4.98 Å². The highest BCUT2D eigenvalue weighted by atomic mass is 127. The van der Waals surface area contributed by atoms with Crippen LogP contribution in [0, 0.1) is 22.1 Å². The number of halogens is 3. The van der Waals surface area contributed by atoms with Gasteiger partial charge in [0.2, 0.25) is 5.91 Å². The third-order valence-electron chi connectivity index (χ3n) is 3.78. The fourth-order valence-electron chi connectivity index (χ4n) is 2.44. The lowest BCUT2D eigenvalue weighted by molar-refractivity contribution is -0.116. The monoisotopic (exact) mass is 468 g/mol. The molecular weight excluding hydrogens is 453 g/mol. The highest BCUT2D eigenvalue weighted by molar-refractivity contribution is 14.1. The van der Waals surface area contributed by atoms with Gasteiger partial charge in [-0.05, 0) is 65.4 Å². The second kappa shape index (κ2) is 7.94. The van der Waals surface area contributed by atoms with Crippen molar-refractivity contribution >= 4 is 34.2 Å². The Morgan fingerprint density at radius 3 is 2.77 bits per heavy atom. The summed E-state index contributed by atoms with van der Waals surface area (Å²) in [6.45, 7) is 1.93. The summed E-state index contributed by atoms with van der Waals surface area (Å²) in [5, 5.41) is 2.85. The fraction of sp³-hybridized carbons (Fsp3) is 0.158. The van der Waals surface area contributed by atoms with Crippen molar-refractivity contribution in [3.05, 3.63) is 69.3 Å². The molecule has 1 amide bonds. The molecule has 134 valence electrons. The van der Waals surface area contributed by atoms with E-state index in [9.17, 15) is 13.6 Å². The van der Waals surface area contributed by atoms with Crippen molar-refractivity contribution in [2.75, 3.05) is 5.32 Å². The van der Waals surface area contributed by atoms with Gasteiger partial charge in [0.15, 0.2) is 11.7 Å². The summed E-state index contributed by atoms with van der Waals surface area (Å²) < 4.78 is 33.3. The van der Waals surface area contributed by atoms with E-state index in [1.54, 1.807) is 0 Å². The lowest BCUT2D eigenvalue weighted by Gasteiger charge is -2.08. The summed E-state index contributed by atoms with van der Waals surface area (Å²) in [4.78, 5) is 16.2. The van der Waals surface area contributed by atoms with E-state index < -0.39 is 11.6 Å². The Balaban J connectivity index is 1.61. The topological polar surface area (TPSA) is 55.1 Å². The second-order valence-corrected chi connectivity index (χ2v) is 7.00. The molecule has 0 unspecified atom stereocenters. The second-order valence-electron chi connectivity index (χ2n) is 5.75. The van der Waals surface area contributed by atoms with Gasteiger partial charge in [-0.15, -0.1) is 0 Å². The van der Waals surface area contributed by atoms with Gasteiger partial charge in [0.1, 0.15) is 11.6 Å². The van der Waals surface area contributed by atoms with Crippen LogP contribution in [-0.2, 0) is 11.2 Å². The maximum Gasteiger partial charge on any atom is 0.224 e. The summed E-state index contributed by atoms with van der Waals surface area (Å²) in [7, 11) is 0. The van der Waals surface area contributed by atoms with E-state index >= 15 is 0 Å². The first-order valence-electron chi connectivity index (χ1n) is 7.88. The van der Waals surface area contributed by atoms with Gasteiger partial charge in [-0.2, -0.15) is 0 Å². The molecule has 4 nitrogen and oxygen atoms in total. The first kappa shape index (κ1) is 18.5. The molecule has 0 fully saturated rings. The van der Waals surface area contributed by atoms with E-state index in [1.807, 2.05) is 25.1 Å². The summed E-state index contributed by atoms with van der Waals surface area (Å²) in [5.41, 5.74) is 1.87. The largest absolute Gasteiger partial charge is 0.441 e. The predicted molar refractivity (Wildman–Crippen MR) is 103 cm³/mol. The van der Waals surface area contributed by atoms with Gasteiger partial charge in [-0.1, -0.05) is 0 Å². The number of oxazole rings is 1. The van der Waals surface area contributed by atoms with Crippen LogP contribution in [0.4, 0.5) is 14.5 Å². The lowest BCUT2D eigenvalue weighted by Crippen LogP contribution is -2.13. The van der Waals surface area contributed by atoms with Gasteiger partial charge in [0.25, 0.3) is 0 Å². The number of amides is 1. The molecule has 3 aromatic rings. The third-order valence-corrected chi connectivity index (χ3v) is 4.45. The minimum absolute atomic E-state index is 0.129. The van der Waals surface area contributed by atoms with E-state index in [2.05, 4.69) is 32.9 Å². The number of hydrogen-bond donors (Lipinski definition) is 1. The van der Waals surface area contributed by atoms with Crippen molar-refractivity contribution in [3.8, 4) is 11.3 Å². The average Bonchev–Trinajstić information content (AvgIpc) is 3.04. The Bertz CT molecular complexity index is 956. The number of aromatic nitrogens is 1. The molecule has 26 heavy (non-hydrogen) atoms. The minimum atomic E-state index is -0.723. The third kappa shape index (κ3) is 4.46. The quantitative estimate of drug-likeness (QED) is 0.530. The van der Waals surface area contributed by atoms with Crippen LogP contribution in [0.15, 0.2) is 47.0 Å². The normalized spacial score (nSPS) is 10.8. The zero-order valence-electron chi connectivity index (χ0n) is 13.9. The van der Waals surface area contributed by atoms with Crippen LogP contribution >= 0.6 is 22.6 Å².